The van der Waals surface area contributed by atoms with E-state index in [4.69, 9.17) is 4.74 Å². The molecule has 0 aliphatic carbocycles. The summed E-state index contributed by atoms with van der Waals surface area (Å²) in [6.45, 7) is 5.69. The number of rotatable bonds is 8. The van der Waals surface area contributed by atoms with E-state index in [0.29, 0.717) is 13.0 Å². The Morgan fingerprint density at radius 1 is 0.962 bits per heavy atom. The van der Waals surface area contributed by atoms with Gasteiger partial charge < -0.3 is 14.7 Å². The molecule has 0 aromatic heterocycles. The largest absolute Gasteiger partial charge is 0.493 e. The maximum atomic E-state index is 11.7. The lowest BCUT2D eigenvalue weighted by molar-refractivity contribution is -0.0583. The maximum absolute atomic E-state index is 11.7. The number of hydrogen-bond acceptors (Lipinski definition) is 3. The fourth-order valence-corrected chi connectivity index (χ4v) is 3.96. The van der Waals surface area contributed by atoms with Crippen LogP contribution in [0.4, 0.5) is 0 Å². The summed E-state index contributed by atoms with van der Waals surface area (Å²) >= 11 is 0. The van der Waals surface area contributed by atoms with Crippen LogP contribution in [0.5, 0.6) is 5.75 Å². The first-order chi connectivity index (χ1) is 12.7. The number of likely N-dealkylation sites (tertiary alicyclic amines) is 1. The average Bonchev–Trinajstić information content (AvgIpc) is 2.72. The van der Waals surface area contributed by atoms with E-state index in [1.807, 2.05) is 60.7 Å². The van der Waals surface area contributed by atoms with Gasteiger partial charge in [0.15, 0.2) is 0 Å². The van der Waals surface area contributed by atoms with Gasteiger partial charge in [-0.3, -0.25) is 0 Å². The van der Waals surface area contributed by atoms with Gasteiger partial charge in [-0.05, 0) is 50.0 Å². The van der Waals surface area contributed by atoms with Crippen molar-refractivity contribution in [2.75, 3.05) is 26.2 Å². The minimum Gasteiger partial charge on any atom is -0.493 e. The smallest absolute Gasteiger partial charge is 0.119 e. The van der Waals surface area contributed by atoms with Crippen molar-refractivity contribution in [1.82, 2.24) is 4.90 Å². The first-order valence-corrected chi connectivity index (χ1v) is 9.90. The first-order valence-electron chi connectivity index (χ1n) is 9.90. The zero-order chi connectivity index (χ0) is 18.2. The fraction of sp³-hybridized carbons (Fsp3) is 0.478. The van der Waals surface area contributed by atoms with Crippen LogP contribution < -0.4 is 4.74 Å². The Labute approximate surface area is 157 Å². The predicted octanol–water partition coefficient (Wildman–Crippen LogP) is 4.47. The first kappa shape index (κ1) is 18.9. The summed E-state index contributed by atoms with van der Waals surface area (Å²) in [4.78, 5) is 2.49. The Balaban J connectivity index is 1.80. The molecule has 2 aromatic rings. The highest BCUT2D eigenvalue weighted by Crippen LogP contribution is 2.35. The van der Waals surface area contributed by atoms with Gasteiger partial charge in [-0.2, -0.15) is 0 Å². The third kappa shape index (κ3) is 4.66. The lowest BCUT2D eigenvalue weighted by Gasteiger charge is -2.40. The molecule has 1 fully saturated rings. The zero-order valence-electron chi connectivity index (χ0n) is 15.8. The van der Waals surface area contributed by atoms with E-state index in [-0.39, 0.29) is 5.92 Å². The summed E-state index contributed by atoms with van der Waals surface area (Å²) in [5.74, 6) is 0.885. The van der Waals surface area contributed by atoms with Crippen molar-refractivity contribution in [3.8, 4) is 5.75 Å². The van der Waals surface area contributed by atoms with Crippen LogP contribution >= 0.6 is 0 Å². The predicted molar refractivity (Wildman–Crippen MR) is 106 cm³/mol. The summed E-state index contributed by atoms with van der Waals surface area (Å²) in [6.07, 6.45) is 4.50. The SMILES string of the molecule is CCC(O)(c1ccccc1)C(COc1ccccc1)CN1CCCCC1. The van der Waals surface area contributed by atoms with Crippen molar-refractivity contribution in [3.63, 3.8) is 0 Å². The molecule has 0 bridgehead atoms. The van der Waals surface area contributed by atoms with Crippen LogP contribution in [-0.2, 0) is 5.60 Å². The van der Waals surface area contributed by atoms with Gasteiger partial charge in [-0.25, -0.2) is 0 Å². The number of piperidine rings is 1. The number of hydrogen-bond donors (Lipinski definition) is 1. The van der Waals surface area contributed by atoms with E-state index in [2.05, 4.69) is 11.8 Å². The minimum atomic E-state index is -0.881. The van der Waals surface area contributed by atoms with Gasteiger partial charge >= 0.3 is 0 Å². The van der Waals surface area contributed by atoms with E-state index >= 15 is 0 Å². The van der Waals surface area contributed by atoms with Gasteiger partial charge in [0.1, 0.15) is 5.75 Å². The third-order valence-electron chi connectivity index (χ3n) is 5.61. The molecule has 1 saturated heterocycles. The van der Waals surface area contributed by atoms with E-state index in [9.17, 15) is 5.11 Å². The van der Waals surface area contributed by atoms with Gasteiger partial charge in [0.25, 0.3) is 0 Å². The van der Waals surface area contributed by atoms with Crippen LogP contribution in [0.2, 0.25) is 0 Å². The van der Waals surface area contributed by atoms with Crippen LogP contribution in [-0.4, -0.2) is 36.2 Å². The highest BCUT2D eigenvalue weighted by atomic mass is 16.5. The quantitative estimate of drug-likeness (QED) is 0.760. The van der Waals surface area contributed by atoms with Gasteiger partial charge in [0, 0.05) is 12.5 Å². The second-order valence-electron chi connectivity index (χ2n) is 7.33. The molecular weight excluding hydrogens is 322 g/mol. The Kier molecular flexibility index (Phi) is 6.70. The third-order valence-corrected chi connectivity index (χ3v) is 5.61. The molecule has 140 valence electrons. The Morgan fingerprint density at radius 2 is 1.58 bits per heavy atom. The van der Waals surface area contributed by atoms with Gasteiger partial charge in [-0.15, -0.1) is 0 Å². The van der Waals surface area contributed by atoms with Crippen molar-refractivity contribution in [1.29, 1.82) is 0 Å². The highest BCUT2D eigenvalue weighted by molar-refractivity contribution is 5.24. The van der Waals surface area contributed by atoms with Crippen molar-refractivity contribution in [2.24, 2.45) is 5.92 Å². The van der Waals surface area contributed by atoms with Crippen LogP contribution in [0.15, 0.2) is 60.7 Å². The van der Waals surface area contributed by atoms with Crippen molar-refractivity contribution in [3.05, 3.63) is 66.2 Å². The number of ether oxygens (including phenoxy) is 1. The topological polar surface area (TPSA) is 32.7 Å². The minimum absolute atomic E-state index is 0.0215. The molecular formula is C23H31NO2. The fourth-order valence-electron chi connectivity index (χ4n) is 3.96. The lowest BCUT2D eigenvalue weighted by atomic mass is 9.79. The molecule has 0 amide bonds. The zero-order valence-corrected chi connectivity index (χ0v) is 15.8. The molecule has 1 aliphatic rings. The number of aliphatic hydroxyl groups is 1. The standard InChI is InChI=1S/C23H31NO2/c1-2-23(25,20-12-6-3-7-13-20)21(18-24-16-10-5-11-17-24)19-26-22-14-8-4-9-15-22/h3-4,6-9,12-15,21,25H,2,5,10-11,16-19H2,1H3. The molecule has 2 aromatic carbocycles. The van der Waals surface area contributed by atoms with Crippen molar-refractivity contribution in [2.45, 2.75) is 38.2 Å². The summed E-state index contributed by atoms with van der Waals surface area (Å²) in [7, 11) is 0. The molecule has 2 unspecified atom stereocenters. The number of para-hydroxylation sites is 1. The molecule has 2 atom stereocenters. The van der Waals surface area contributed by atoms with E-state index in [1.165, 1.54) is 19.3 Å². The molecule has 1 aliphatic heterocycles. The van der Waals surface area contributed by atoms with Crippen LogP contribution in [0.25, 0.3) is 0 Å². The van der Waals surface area contributed by atoms with Crippen LogP contribution in [0.3, 0.4) is 0 Å². The highest BCUT2D eigenvalue weighted by Gasteiger charge is 2.38. The normalized spacial score (nSPS) is 18.8. The monoisotopic (exact) mass is 353 g/mol. The van der Waals surface area contributed by atoms with Gasteiger partial charge in [-0.1, -0.05) is 61.9 Å². The van der Waals surface area contributed by atoms with Crippen LogP contribution in [0, 0.1) is 5.92 Å². The molecule has 3 heteroatoms. The van der Waals surface area contributed by atoms with E-state index in [0.717, 1.165) is 30.9 Å². The molecule has 3 rings (SSSR count). The molecule has 1 N–H and O–H groups in total. The summed E-state index contributed by atoms with van der Waals surface area (Å²) in [5, 5.41) is 11.7. The molecule has 1 heterocycles. The molecule has 0 spiro atoms. The molecule has 0 saturated carbocycles. The second-order valence-corrected chi connectivity index (χ2v) is 7.33. The lowest BCUT2D eigenvalue weighted by Crippen LogP contribution is -2.46. The van der Waals surface area contributed by atoms with Gasteiger partial charge in [0.2, 0.25) is 0 Å². The van der Waals surface area contributed by atoms with E-state index in [1.54, 1.807) is 0 Å². The number of nitrogens with zero attached hydrogens (tertiary/aromatic N) is 1. The average molecular weight is 354 g/mol. The molecule has 3 nitrogen and oxygen atoms in total. The molecule has 26 heavy (non-hydrogen) atoms. The van der Waals surface area contributed by atoms with Crippen LogP contribution in [0.1, 0.15) is 38.2 Å². The summed E-state index contributed by atoms with van der Waals surface area (Å²) in [6, 6.07) is 20.0. The van der Waals surface area contributed by atoms with Crippen molar-refractivity contribution < 1.29 is 9.84 Å². The maximum Gasteiger partial charge on any atom is 0.119 e. The Bertz CT molecular complexity index is 640. The summed E-state index contributed by atoms with van der Waals surface area (Å²) in [5.41, 5.74) is 0.106. The Morgan fingerprint density at radius 3 is 2.19 bits per heavy atom. The van der Waals surface area contributed by atoms with Gasteiger partial charge in [0.05, 0.1) is 12.2 Å². The Hall–Kier alpha value is -1.84. The van der Waals surface area contributed by atoms with Crippen molar-refractivity contribution >= 4 is 0 Å². The molecule has 0 radical (unpaired) electrons. The number of benzene rings is 2. The second kappa shape index (κ2) is 9.20. The van der Waals surface area contributed by atoms with E-state index < -0.39 is 5.60 Å². The summed E-state index contributed by atoms with van der Waals surface area (Å²) < 4.78 is 6.09.